The van der Waals surface area contributed by atoms with Crippen LogP contribution in [0.15, 0.2) is 36.4 Å². The first-order chi connectivity index (χ1) is 9.52. The van der Waals surface area contributed by atoms with Crippen molar-refractivity contribution in [1.29, 1.82) is 0 Å². The van der Waals surface area contributed by atoms with Crippen molar-refractivity contribution < 1.29 is 18.4 Å². The second-order valence-corrected chi connectivity index (χ2v) is 4.29. The Morgan fingerprint density at radius 1 is 0.950 bits per heavy atom. The monoisotopic (exact) mass is 274 g/mol. The fourth-order valence-corrected chi connectivity index (χ4v) is 2.20. The molecule has 1 heterocycles. The Kier molecular flexibility index (Phi) is 2.53. The van der Waals surface area contributed by atoms with Gasteiger partial charge >= 0.3 is 0 Å². The number of halogens is 2. The summed E-state index contributed by atoms with van der Waals surface area (Å²) in [5, 5.41) is 0. The van der Waals surface area contributed by atoms with Gasteiger partial charge in [-0.2, -0.15) is 0 Å². The smallest absolute Gasteiger partial charge is 0.268 e. The first kappa shape index (κ1) is 12.3. The zero-order valence-electron chi connectivity index (χ0n) is 10.1. The Morgan fingerprint density at radius 3 is 2.35 bits per heavy atom. The van der Waals surface area contributed by atoms with Crippen LogP contribution in [0, 0.1) is 11.6 Å². The number of anilines is 2. The summed E-state index contributed by atoms with van der Waals surface area (Å²) < 4.78 is 27.0. The zero-order valence-corrected chi connectivity index (χ0v) is 10.1. The predicted molar refractivity (Wildman–Crippen MR) is 68.4 cm³/mol. The number of benzene rings is 2. The number of hydrogen-bond acceptors (Lipinski definition) is 3. The normalized spacial score (nSPS) is 13.8. The highest BCUT2D eigenvalue weighted by atomic mass is 19.2. The number of carbonyl (C=O) groups excluding carboxylic acids is 2. The number of hydrogen-bond donors (Lipinski definition) is 1. The minimum Gasteiger partial charge on any atom is -0.398 e. The second-order valence-electron chi connectivity index (χ2n) is 4.29. The van der Waals surface area contributed by atoms with Crippen molar-refractivity contribution in [3.8, 4) is 0 Å². The molecule has 1 aliphatic heterocycles. The summed E-state index contributed by atoms with van der Waals surface area (Å²) in [6, 6.07) is 7.70. The summed E-state index contributed by atoms with van der Waals surface area (Å²) >= 11 is 0. The van der Waals surface area contributed by atoms with Gasteiger partial charge in [-0.05, 0) is 24.3 Å². The van der Waals surface area contributed by atoms with E-state index in [1.165, 1.54) is 24.3 Å². The van der Waals surface area contributed by atoms with Gasteiger partial charge in [-0.15, -0.1) is 0 Å². The van der Waals surface area contributed by atoms with Gasteiger partial charge in [-0.1, -0.05) is 12.1 Å². The summed E-state index contributed by atoms with van der Waals surface area (Å²) in [4.78, 5) is 25.0. The number of nitrogen functional groups attached to an aromatic ring is 1. The molecule has 2 aromatic rings. The number of fused-ring (bicyclic) bond motifs is 1. The van der Waals surface area contributed by atoms with Crippen molar-refractivity contribution >= 4 is 23.2 Å². The molecule has 3 rings (SSSR count). The van der Waals surface area contributed by atoms with Crippen molar-refractivity contribution in [1.82, 2.24) is 0 Å². The van der Waals surface area contributed by atoms with E-state index in [9.17, 15) is 18.4 Å². The molecule has 0 aliphatic carbocycles. The maximum atomic E-state index is 13.8. The largest absolute Gasteiger partial charge is 0.398 e. The lowest BCUT2D eigenvalue weighted by Crippen LogP contribution is -2.30. The van der Waals surface area contributed by atoms with Gasteiger partial charge in [-0.25, -0.2) is 13.7 Å². The van der Waals surface area contributed by atoms with Gasteiger partial charge in [0.25, 0.3) is 11.8 Å². The maximum Gasteiger partial charge on any atom is 0.268 e. The highest BCUT2D eigenvalue weighted by Gasteiger charge is 2.39. The van der Waals surface area contributed by atoms with Crippen molar-refractivity contribution in [2.45, 2.75) is 0 Å². The van der Waals surface area contributed by atoms with Gasteiger partial charge in [-0.3, -0.25) is 9.59 Å². The summed E-state index contributed by atoms with van der Waals surface area (Å²) in [6.07, 6.45) is 0. The summed E-state index contributed by atoms with van der Waals surface area (Å²) in [5.74, 6) is -3.86. The van der Waals surface area contributed by atoms with Crippen molar-refractivity contribution in [3.63, 3.8) is 0 Å². The van der Waals surface area contributed by atoms with E-state index in [1.807, 2.05) is 0 Å². The summed E-state index contributed by atoms with van der Waals surface area (Å²) in [7, 11) is 0. The van der Waals surface area contributed by atoms with Crippen LogP contribution in [0.25, 0.3) is 0 Å². The van der Waals surface area contributed by atoms with Crippen LogP contribution in [-0.2, 0) is 0 Å². The first-order valence-corrected chi connectivity index (χ1v) is 5.73. The Labute approximate surface area is 112 Å². The molecule has 0 aromatic heterocycles. The quantitative estimate of drug-likeness (QED) is 0.641. The van der Waals surface area contributed by atoms with Crippen LogP contribution in [-0.4, -0.2) is 11.8 Å². The number of nitrogens with zero attached hydrogens (tertiary/aromatic N) is 1. The standard InChI is InChI=1S/C14H8F2N2O2/c15-8-4-2-6-10(12(8)16)18-13(19)7-3-1-5-9(17)11(7)14(18)20/h1-6H,17H2. The average molecular weight is 274 g/mol. The highest BCUT2D eigenvalue weighted by molar-refractivity contribution is 6.36. The number of amides is 2. The van der Waals surface area contributed by atoms with Crippen LogP contribution in [0.5, 0.6) is 0 Å². The average Bonchev–Trinajstić information content (AvgIpc) is 2.67. The van der Waals surface area contributed by atoms with Crippen LogP contribution in [0.1, 0.15) is 20.7 Å². The van der Waals surface area contributed by atoms with Crippen molar-refractivity contribution in [3.05, 3.63) is 59.2 Å². The number of rotatable bonds is 1. The van der Waals surface area contributed by atoms with Crippen LogP contribution in [0.3, 0.4) is 0 Å². The van der Waals surface area contributed by atoms with Gasteiger partial charge in [0.2, 0.25) is 0 Å². The van der Waals surface area contributed by atoms with Gasteiger partial charge < -0.3 is 5.73 Å². The van der Waals surface area contributed by atoms with Crippen molar-refractivity contribution in [2.24, 2.45) is 0 Å². The molecule has 100 valence electrons. The van der Waals surface area contributed by atoms with Gasteiger partial charge in [0.05, 0.1) is 16.8 Å². The van der Waals surface area contributed by atoms with Crippen LogP contribution in [0.4, 0.5) is 20.2 Å². The Bertz CT molecular complexity index is 759. The van der Waals surface area contributed by atoms with E-state index in [4.69, 9.17) is 5.73 Å². The number of nitrogens with two attached hydrogens (primary N) is 1. The van der Waals surface area contributed by atoms with E-state index in [2.05, 4.69) is 0 Å². The first-order valence-electron chi connectivity index (χ1n) is 5.73. The van der Waals surface area contributed by atoms with E-state index in [-0.39, 0.29) is 16.8 Å². The third-order valence-electron chi connectivity index (χ3n) is 3.12. The van der Waals surface area contributed by atoms with Gasteiger partial charge in [0.15, 0.2) is 11.6 Å². The van der Waals surface area contributed by atoms with Crippen LogP contribution in [0.2, 0.25) is 0 Å². The molecule has 2 amide bonds. The van der Waals surface area contributed by atoms with Gasteiger partial charge in [0, 0.05) is 5.69 Å². The molecule has 20 heavy (non-hydrogen) atoms. The number of carbonyl (C=O) groups is 2. The summed E-state index contributed by atoms with van der Waals surface area (Å²) in [6.45, 7) is 0. The fourth-order valence-electron chi connectivity index (χ4n) is 2.20. The molecule has 0 saturated heterocycles. The fraction of sp³-hybridized carbons (Fsp3) is 0. The van der Waals surface area contributed by atoms with E-state index < -0.39 is 29.1 Å². The molecule has 0 atom stereocenters. The van der Waals surface area contributed by atoms with Crippen LogP contribution < -0.4 is 10.6 Å². The highest BCUT2D eigenvalue weighted by Crippen LogP contribution is 2.33. The van der Waals surface area contributed by atoms with E-state index in [0.29, 0.717) is 4.90 Å². The lowest BCUT2D eigenvalue weighted by Gasteiger charge is -2.14. The molecular weight excluding hydrogens is 266 g/mol. The minimum absolute atomic E-state index is 0.0150. The molecule has 4 nitrogen and oxygen atoms in total. The molecule has 0 unspecified atom stereocenters. The molecule has 1 aliphatic rings. The zero-order chi connectivity index (χ0) is 14.4. The van der Waals surface area contributed by atoms with E-state index in [1.54, 1.807) is 0 Å². The third kappa shape index (κ3) is 1.51. The molecule has 0 saturated carbocycles. The SMILES string of the molecule is Nc1cccc2c1C(=O)N(c1cccc(F)c1F)C2=O. The predicted octanol–water partition coefficient (Wildman–Crippen LogP) is 2.35. The molecule has 6 heteroatoms. The van der Waals surface area contributed by atoms with E-state index >= 15 is 0 Å². The Balaban J connectivity index is 2.20. The molecule has 2 N–H and O–H groups in total. The van der Waals surface area contributed by atoms with E-state index in [0.717, 1.165) is 12.1 Å². The lowest BCUT2D eigenvalue weighted by molar-refractivity contribution is 0.0925. The number of imide groups is 1. The second kappa shape index (κ2) is 4.12. The lowest BCUT2D eigenvalue weighted by atomic mass is 10.1. The Morgan fingerprint density at radius 2 is 1.65 bits per heavy atom. The molecule has 0 bridgehead atoms. The Hall–Kier alpha value is -2.76. The minimum atomic E-state index is -1.25. The van der Waals surface area contributed by atoms with Gasteiger partial charge in [0.1, 0.15) is 0 Å². The molecule has 0 fully saturated rings. The molecule has 0 radical (unpaired) electrons. The summed E-state index contributed by atoms with van der Waals surface area (Å²) in [5.41, 5.74) is 5.47. The van der Waals surface area contributed by atoms with Crippen LogP contribution >= 0.6 is 0 Å². The maximum absolute atomic E-state index is 13.8. The molecular formula is C14H8F2N2O2. The van der Waals surface area contributed by atoms with Crippen molar-refractivity contribution in [2.75, 3.05) is 10.6 Å². The molecule has 0 spiro atoms. The topological polar surface area (TPSA) is 63.4 Å². The third-order valence-corrected chi connectivity index (χ3v) is 3.12. The molecule has 2 aromatic carbocycles.